The number of amides is 2. The van der Waals surface area contributed by atoms with Crippen LogP contribution in [0.4, 0.5) is 0 Å². The molecule has 5 nitrogen and oxygen atoms in total. The lowest BCUT2D eigenvalue weighted by Gasteiger charge is -2.08. The normalized spacial score (nSPS) is 9.95. The fraction of sp³-hybridized carbons (Fsp3) is 0.0714. The van der Waals surface area contributed by atoms with Gasteiger partial charge in [0.25, 0.3) is 5.91 Å². The lowest BCUT2D eigenvalue weighted by Crippen LogP contribution is -2.42. The van der Waals surface area contributed by atoms with Gasteiger partial charge in [-0.25, -0.2) is 4.98 Å². The summed E-state index contributed by atoms with van der Waals surface area (Å²) in [4.78, 5) is 27.5. The van der Waals surface area contributed by atoms with E-state index >= 15 is 0 Å². The van der Waals surface area contributed by atoms with E-state index in [0.29, 0.717) is 10.6 Å². The first-order valence-corrected chi connectivity index (χ1v) is 7.40. The third kappa shape index (κ3) is 4.77. The molecule has 0 saturated heterocycles. The van der Waals surface area contributed by atoms with Crippen LogP contribution >= 0.6 is 23.4 Å². The highest BCUT2D eigenvalue weighted by Gasteiger charge is 2.10. The van der Waals surface area contributed by atoms with Gasteiger partial charge >= 0.3 is 0 Å². The molecule has 1 aromatic heterocycles. The van der Waals surface area contributed by atoms with Gasteiger partial charge in [-0.2, -0.15) is 0 Å². The summed E-state index contributed by atoms with van der Waals surface area (Å²) in [6.07, 6.45) is 1.65. The average Bonchev–Trinajstić information content (AvgIpc) is 2.52. The smallest absolute Gasteiger partial charge is 0.271 e. The molecule has 0 unspecified atom stereocenters. The molecule has 21 heavy (non-hydrogen) atoms. The molecule has 1 heterocycles. The van der Waals surface area contributed by atoms with Gasteiger partial charge in [0.05, 0.1) is 21.4 Å². The van der Waals surface area contributed by atoms with Crippen molar-refractivity contribution in [3.8, 4) is 0 Å². The lowest BCUT2D eigenvalue weighted by atomic mass is 10.2. The summed E-state index contributed by atoms with van der Waals surface area (Å²) in [7, 11) is 0. The third-order valence-corrected chi connectivity index (χ3v) is 3.70. The van der Waals surface area contributed by atoms with E-state index in [1.165, 1.54) is 11.8 Å². The van der Waals surface area contributed by atoms with Crippen LogP contribution in [-0.2, 0) is 4.79 Å². The highest BCUT2D eigenvalue weighted by Crippen LogP contribution is 2.14. The molecule has 0 aliphatic heterocycles. The van der Waals surface area contributed by atoms with Crippen molar-refractivity contribution in [2.24, 2.45) is 0 Å². The van der Waals surface area contributed by atoms with Gasteiger partial charge in [0, 0.05) is 6.20 Å². The molecular weight excluding hydrogens is 310 g/mol. The van der Waals surface area contributed by atoms with E-state index in [-0.39, 0.29) is 11.7 Å². The van der Waals surface area contributed by atoms with Crippen molar-refractivity contribution in [3.05, 3.63) is 59.2 Å². The van der Waals surface area contributed by atoms with E-state index < -0.39 is 5.91 Å². The van der Waals surface area contributed by atoms with E-state index in [2.05, 4.69) is 15.8 Å². The molecular formula is C14H12ClN3O2S. The number of hydrogen-bond donors (Lipinski definition) is 2. The molecule has 0 atom stereocenters. The van der Waals surface area contributed by atoms with Gasteiger partial charge in [0.1, 0.15) is 0 Å². The number of hydrazine groups is 1. The molecule has 1 aromatic carbocycles. The number of rotatable bonds is 4. The van der Waals surface area contributed by atoms with Gasteiger partial charge in [-0.3, -0.25) is 20.4 Å². The number of nitrogens with one attached hydrogen (secondary N) is 2. The van der Waals surface area contributed by atoms with Crippen LogP contribution in [0.2, 0.25) is 5.02 Å². The molecule has 0 aliphatic rings. The molecule has 2 aromatic rings. The van der Waals surface area contributed by atoms with Gasteiger partial charge in [-0.1, -0.05) is 41.6 Å². The number of carbonyl (C=O) groups is 2. The summed E-state index contributed by atoms with van der Waals surface area (Å²) in [6, 6.07) is 12.0. The Morgan fingerprint density at radius 1 is 1.10 bits per heavy atom. The molecule has 0 spiro atoms. The standard InChI is InChI=1S/C14H12ClN3O2S/c15-11-6-2-1-5-10(11)14(20)18-17-12(19)9-21-13-7-3-4-8-16-13/h1-8H,9H2,(H,17,19)(H,18,20). The number of nitrogens with zero attached hydrogens (tertiary/aromatic N) is 1. The summed E-state index contributed by atoms with van der Waals surface area (Å²) in [6.45, 7) is 0. The first-order chi connectivity index (χ1) is 10.2. The van der Waals surface area contributed by atoms with Crippen molar-refractivity contribution in [3.63, 3.8) is 0 Å². The molecule has 0 radical (unpaired) electrons. The maximum atomic E-state index is 11.8. The second kappa shape index (κ2) is 7.66. The van der Waals surface area contributed by atoms with Crippen LogP contribution < -0.4 is 10.9 Å². The number of aromatic nitrogens is 1. The lowest BCUT2D eigenvalue weighted by molar-refractivity contribution is -0.119. The highest BCUT2D eigenvalue weighted by atomic mass is 35.5. The van der Waals surface area contributed by atoms with Gasteiger partial charge in [-0.05, 0) is 24.3 Å². The zero-order valence-electron chi connectivity index (χ0n) is 10.9. The summed E-state index contributed by atoms with van der Waals surface area (Å²) in [5, 5.41) is 1.07. The number of hydrogen-bond acceptors (Lipinski definition) is 4. The molecule has 2 amide bonds. The molecule has 0 aliphatic carbocycles. The zero-order valence-corrected chi connectivity index (χ0v) is 12.4. The van der Waals surface area contributed by atoms with Crippen LogP contribution in [-0.4, -0.2) is 22.6 Å². The summed E-state index contributed by atoms with van der Waals surface area (Å²) in [5.74, 6) is -0.636. The first-order valence-electron chi connectivity index (χ1n) is 6.04. The van der Waals surface area contributed by atoms with Crippen molar-refractivity contribution in [2.75, 3.05) is 5.75 Å². The second-order valence-corrected chi connectivity index (χ2v) is 5.34. The molecule has 2 N–H and O–H groups in total. The van der Waals surface area contributed by atoms with E-state index in [1.807, 2.05) is 6.07 Å². The fourth-order valence-corrected chi connectivity index (χ4v) is 2.33. The number of thioether (sulfide) groups is 1. The largest absolute Gasteiger partial charge is 0.272 e. The second-order valence-electron chi connectivity index (χ2n) is 3.94. The quantitative estimate of drug-likeness (QED) is 0.669. The van der Waals surface area contributed by atoms with E-state index in [0.717, 1.165) is 5.03 Å². The SMILES string of the molecule is O=C(CSc1ccccn1)NNC(=O)c1ccccc1Cl. The molecule has 7 heteroatoms. The number of halogens is 1. The van der Waals surface area contributed by atoms with Gasteiger partial charge in [-0.15, -0.1) is 0 Å². The van der Waals surface area contributed by atoms with Crippen LogP contribution in [0.25, 0.3) is 0 Å². The Morgan fingerprint density at radius 3 is 2.57 bits per heavy atom. The van der Waals surface area contributed by atoms with Crippen molar-refractivity contribution in [2.45, 2.75) is 5.03 Å². The van der Waals surface area contributed by atoms with Crippen LogP contribution in [0.3, 0.4) is 0 Å². The Kier molecular flexibility index (Phi) is 5.59. The topological polar surface area (TPSA) is 71.1 Å². The number of benzene rings is 1. The van der Waals surface area contributed by atoms with Crippen LogP contribution in [0, 0.1) is 0 Å². The predicted octanol–water partition coefficient (Wildman–Crippen LogP) is 2.29. The Bertz CT molecular complexity index is 637. The average molecular weight is 322 g/mol. The minimum Gasteiger partial charge on any atom is -0.272 e. The van der Waals surface area contributed by atoms with Crippen molar-refractivity contribution in [1.82, 2.24) is 15.8 Å². The molecule has 0 saturated carbocycles. The fourth-order valence-electron chi connectivity index (χ4n) is 1.45. The zero-order chi connectivity index (χ0) is 15.1. The Morgan fingerprint density at radius 2 is 1.86 bits per heavy atom. The van der Waals surface area contributed by atoms with E-state index in [9.17, 15) is 9.59 Å². The summed E-state index contributed by atoms with van der Waals surface area (Å²) < 4.78 is 0. The van der Waals surface area contributed by atoms with E-state index in [1.54, 1.807) is 42.6 Å². The van der Waals surface area contributed by atoms with Crippen LogP contribution in [0.1, 0.15) is 10.4 Å². The Hall–Kier alpha value is -2.05. The maximum absolute atomic E-state index is 11.8. The Labute approximate surface area is 131 Å². The van der Waals surface area contributed by atoms with Crippen molar-refractivity contribution in [1.29, 1.82) is 0 Å². The number of carbonyl (C=O) groups excluding carboxylic acids is 2. The van der Waals surface area contributed by atoms with Crippen molar-refractivity contribution >= 4 is 35.2 Å². The van der Waals surface area contributed by atoms with Gasteiger partial charge in [0.15, 0.2) is 0 Å². The summed E-state index contributed by atoms with van der Waals surface area (Å²) in [5.41, 5.74) is 4.95. The van der Waals surface area contributed by atoms with Crippen LogP contribution in [0.15, 0.2) is 53.7 Å². The predicted molar refractivity (Wildman–Crippen MR) is 82.0 cm³/mol. The monoisotopic (exact) mass is 321 g/mol. The minimum absolute atomic E-state index is 0.153. The van der Waals surface area contributed by atoms with Crippen LogP contribution in [0.5, 0.6) is 0 Å². The molecule has 108 valence electrons. The summed E-state index contributed by atoms with van der Waals surface area (Å²) >= 11 is 7.17. The third-order valence-electron chi connectivity index (χ3n) is 2.42. The first kappa shape index (κ1) is 15.3. The molecule has 0 bridgehead atoms. The van der Waals surface area contributed by atoms with Crippen molar-refractivity contribution < 1.29 is 9.59 Å². The van der Waals surface area contributed by atoms with Gasteiger partial charge < -0.3 is 0 Å². The minimum atomic E-state index is -0.461. The van der Waals surface area contributed by atoms with E-state index in [4.69, 9.17) is 11.6 Å². The molecule has 2 rings (SSSR count). The highest BCUT2D eigenvalue weighted by molar-refractivity contribution is 7.99. The van der Waals surface area contributed by atoms with Gasteiger partial charge in [0.2, 0.25) is 5.91 Å². The Balaban J connectivity index is 1.79. The molecule has 0 fully saturated rings. The maximum Gasteiger partial charge on any atom is 0.271 e. The number of pyridine rings is 1.